The fourth-order valence-corrected chi connectivity index (χ4v) is 5.24. The van der Waals surface area contributed by atoms with Crippen LogP contribution in [0.15, 0.2) is 30.6 Å². The van der Waals surface area contributed by atoms with Gasteiger partial charge in [-0.1, -0.05) is 6.92 Å². The summed E-state index contributed by atoms with van der Waals surface area (Å²) < 4.78 is 17.0. The fourth-order valence-electron chi connectivity index (χ4n) is 5.24. The first-order valence-electron chi connectivity index (χ1n) is 13.4. The van der Waals surface area contributed by atoms with E-state index in [9.17, 15) is 9.59 Å². The molecule has 11 nitrogen and oxygen atoms in total. The highest BCUT2D eigenvalue weighted by molar-refractivity contribution is 5.93. The van der Waals surface area contributed by atoms with Crippen molar-refractivity contribution in [2.45, 2.75) is 57.3 Å². The van der Waals surface area contributed by atoms with Gasteiger partial charge < -0.3 is 30.2 Å². The number of nitrogens with two attached hydrogens (primary N) is 1. The van der Waals surface area contributed by atoms with Gasteiger partial charge in [0.25, 0.3) is 0 Å². The van der Waals surface area contributed by atoms with E-state index in [4.69, 9.17) is 24.9 Å². The third kappa shape index (κ3) is 5.18. The Bertz CT molecular complexity index is 1450. The van der Waals surface area contributed by atoms with Crippen LogP contribution in [0.25, 0.3) is 10.8 Å². The summed E-state index contributed by atoms with van der Waals surface area (Å²) in [6, 6.07) is 5.34. The molecule has 1 amide bonds. The third-order valence-electron chi connectivity index (χ3n) is 7.79. The van der Waals surface area contributed by atoms with Gasteiger partial charge in [-0.3, -0.25) is 4.79 Å². The van der Waals surface area contributed by atoms with Crippen LogP contribution in [-0.4, -0.2) is 71.7 Å². The summed E-state index contributed by atoms with van der Waals surface area (Å²) in [7, 11) is 5.13. The Labute approximate surface area is 233 Å². The molecule has 0 bridgehead atoms. The number of fused-ring (bicyclic) bond motifs is 2. The van der Waals surface area contributed by atoms with Crippen LogP contribution in [0.3, 0.4) is 0 Å². The van der Waals surface area contributed by atoms with Gasteiger partial charge in [-0.05, 0) is 50.3 Å². The second-order valence-corrected chi connectivity index (χ2v) is 11.2. The number of aromatic nitrogens is 3. The van der Waals surface area contributed by atoms with E-state index in [-0.39, 0.29) is 42.5 Å². The second-order valence-electron chi connectivity index (χ2n) is 11.2. The lowest BCUT2D eigenvalue weighted by Gasteiger charge is -2.35. The van der Waals surface area contributed by atoms with E-state index in [1.165, 1.54) is 0 Å². The van der Waals surface area contributed by atoms with Gasteiger partial charge in [-0.2, -0.15) is 0 Å². The van der Waals surface area contributed by atoms with Crippen LogP contribution < -0.4 is 15.8 Å². The molecule has 0 aromatic carbocycles. The first-order chi connectivity index (χ1) is 19.0. The van der Waals surface area contributed by atoms with Crippen molar-refractivity contribution in [2.24, 2.45) is 11.7 Å². The lowest BCUT2D eigenvalue weighted by molar-refractivity contribution is -0.138. The Balaban J connectivity index is 1.46. The van der Waals surface area contributed by atoms with Gasteiger partial charge in [0.15, 0.2) is 0 Å². The maximum absolute atomic E-state index is 12.3. The van der Waals surface area contributed by atoms with Crippen LogP contribution in [0.5, 0.6) is 5.88 Å². The van der Waals surface area contributed by atoms with Crippen molar-refractivity contribution in [3.63, 3.8) is 0 Å². The summed E-state index contributed by atoms with van der Waals surface area (Å²) in [5.74, 6) is 1.22. The number of esters is 1. The summed E-state index contributed by atoms with van der Waals surface area (Å²) in [5, 5.41) is 4.79. The minimum Gasteiger partial charge on any atom is -0.474 e. The molecule has 0 spiro atoms. The summed E-state index contributed by atoms with van der Waals surface area (Å²) in [6.07, 6.45) is 4.34. The molecular formula is C29H36N6O5. The number of cyclic esters (lactones) is 1. The molecule has 5 rings (SSSR count). The number of ether oxygens (including phenoxy) is 3. The molecule has 2 aliphatic rings. The Morgan fingerprint density at radius 2 is 1.93 bits per heavy atom. The van der Waals surface area contributed by atoms with Crippen molar-refractivity contribution >= 4 is 34.3 Å². The topological polar surface area (TPSA) is 142 Å². The Morgan fingerprint density at radius 3 is 2.62 bits per heavy atom. The number of carbonyl (C=O) groups is 2. The zero-order chi connectivity index (χ0) is 28.8. The number of carbonyl (C=O) groups excluding carboxylic acids is 2. The van der Waals surface area contributed by atoms with Crippen LogP contribution in [0.2, 0.25) is 0 Å². The van der Waals surface area contributed by atoms with Gasteiger partial charge in [0.05, 0.1) is 28.8 Å². The Kier molecular flexibility index (Phi) is 7.36. The molecule has 1 fully saturated rings. The van der Waals surface area contributed by atoms with Crippen molar-refractivity contribution < 1.29 is 23.8 Å². The zero-order valence-corrected chi connectivity index (χ0v) is 23.7. The smallest absolute Gasteiger partial charge is 0.340 e. The standard InChI is InChI=1S/C29H36N6O5/c1-15-16(2)39-28(37)19-7-8-23(34-25(15)19)33-24-11-20-21(12-31-24)26(32-13-22(20)29(3,30)14-38-6)40-18-9-17(10-18)27(36)35(4)5/h7-8,11-13,15-18H,9-10,14,30H2,1-6H3,(H,31,33,34)/t15-,16-,17?,18?,29?/m0/s1. The van der Waals surface area contributed by atoms with Gasteiger partial charge in [0.2, 0.25) is 11.8 Å². The van der Waals surface area contributed by atoms with E-state index >= 15 is 0 Å². The van der Waals surface area contributed by atoms with Crippen LogP contribution in [-0.2, 0) is 19.8 Å². The van der Waals surface area contributed by atoms with Crippen molar-refractivity contribution in [3.8, 4) is 5.88 Å². The molecule has 1 unspecified atom stereocenters. The molecular weight excluding hydrogens is 512 g/mol. The first kappa shape index (κ1) is 27.7. The quantitative estimate of drug-likeness (QED) is 0.402. The molecule has 1 aliphatic carbocycles. The van der Waals surface area contributed by atoms with Gasteiger partial charge in [-0.15, -0.1) is 0 Å². The van der Waals surface area contributed by atoms with Crippen molar-refractivity contribution in [2.75, 3.05) is 33.1 Å². The number of anilines is 2. The number of hydrogen-bond acceptors (Lipinski definition) is 10. The molecule has 3 aromatic rings. The van der Waals surface area contributed by atoms with Crippen LogP contribution in [0, 0.1) is 5.92 Å². The van der Waals surface area contributed by atoms with Crippen LogP contribution in [0.1, 0.15) is 61.1 Å². The summed E-state index contributed by atoms with van der Waals surface area (Å²) in [4.78, 5) is 40.1. The number of hydrogen-bond donors (Lipinski definition) is 2. The highest BCUT2D eigenvalue weighted by Crippen LogP contribution is 2.37. The molecule has 0 radical (unpaired) electrons. The molecule has 212 valence electrons. The monoisotopic (exact) mass is 548 g/mol. The maximum Gasteiger partial charge on any atom is 0.340 e. The summed E-state index contributed by atoms with van der Waals surface area (Å²) >= 11 is 0. The van der Waals surface area contributed by atoms with Crippen molar-refractivity contribution in [1.29, 1.82) is 0 Å². The predicted octanol–water partition coefficient (Wildman–Crippen LogP) is 3.50. The number of nitrogens with zero attached hydrogens (tertiary/aromatic N) is 4. The SMILES string of the molecule is COCC(C)(N)c1cnc(OC2CC(C(=O)N(C)C)C2)c2cnc(Nc3ccc4c(n3)[C@@H](C)[C@H](C)OC4=O)cc12. The van der Waals surface area contributed by atoms with Crippen molar-refractivity contribution in [3.05, 3.63) is 47.4 Å². The fraction of sp³-hybridized carbons (Fsp3) is 0.483. The highest BCUT2D eigenvalue weighted by Gasteiger charge is 2.38. The van der Waals surface area contributed by atoms with E-state index in [2.05, 4.69) is 15.3 Å². The minimum atomic E-state index is -0.827. The Morgan fingerprint density at radius 1 is 1.18 bits per heavy atom. The lowest BCUT2D eigenvalue weighted by atomic mass is 9.81. The molecule has 3 aromatic heterocycles. The number of amides is 1. The lowest BCUT2D eigenvalue weighted by Crippen LogP contribution is -2.43. The molecule has 4 heterocycles. The average molecular weight is 549 g/mol. The largest absolute Gasteiger partial charge is 0.474 e. The third-order valence-corrected chi connectivity index (χ3v) is 7.79. The van der Waals surface area contributed by atoms with Crippen LogP contribution >= 0.6 is 0 Å². The number of nitrogens with one attached hydrogen (secondary N) is 1. The predicted molar refractivity (Wildman–Crippen MR) is 150 cm³/mol. The first-order valence-corrected chi connectivity index (χ1v) is 13.4. The maximum atomic E-state index is 12.3. The van der Waals surface area contributed by atoms with Gasteiger partial charge in [-0.25, -0.2) is 19.7 Å². The molecule has 0 saturated heterocycles. The summed E-state index contributed by atoms with van der Waals surface area (Å²) in [6.45, 7) is 6.02. The molecule has 3 atom stereocenters. The van der Waals surface area contributed by atoms with Gasteiger partial charge >= 0.3 is 5.97 Å². The number of rotatable bonds is 8. The van der Waals surface area contributed by atoms with E-state index in [0.717, 1.165) is 10.9 Å². The molecule has 1 aliphatic heterocycles. The molecule has 3 N–H and O–H groups in total. The summed E-state index contributed by atoms with van der Waals surface area (Å²) in [5.41, 5.74) is 7.77. The zero-order valence-electron chi connectivity index (χ0n) is 23.7. The molecule has 40 heavy (non-hydrogen) atoms. The highest BCUT2D eigenvalue weighted by atomic mass is 16.5. The van der Waals surface area contributed by atoms with Gasteiger partial charge in [0.1, 0.15) is 23.8 Å². The number of methoxy groups -OCH3 is 1. The minimum absolute atomic E-state index is 0.0369. The van der Waals surface area contributed by atoms with Gasteiger partial charge in [0, 0.05) is 51.0 Å². The van der Waals surface area contributed by atoms with E-state index in [1.807, 2.05) is 26.8 Å². The Hall–Kier alpha value is -3.83. The average Bonchev–Trinajstić information content (AvgIpc) is 2.88. The molecule has 1 saturated carbocycles. The van der Waals surface area contributed by atoms with E-state index in [1.54, 1.807) is 50.6 Å². The van der Waals surface area contributed by atoms with E-state index in [0.29, 0.717) is 47.0 Å². The number of pyridine rings is 3. The molecule has 11 heteroatoms. The van der Waals surface area contributed by atoms with Crippen LogP contribution in [0.4, 0.5) is 11.6 Å². The second kappa shape index (κ2) is 10.6. The van der Waals surface area contributed by atoms with Crippen molar-refractivity contribution in [1.82, 2.24) is 19.9 Å². The normalized spacial score (nSPS) is 23.4. The van der Waals surface area contributed by atoms with E-state index < -0.39 is 5.54 Å².